The molecule has 1 aromatic rings. The Morgan fingerprint density at radius 1 is 1.41 bits per heavy atom. The summed E-state index contributed by atoms with van der Waals surface area (Å²) in [7, 11) is 0. The molecule has 1 atom stereocenters. The summed E-state index contributed by atoms with van der Waals surface area (Å²) in [6, 6.07) is 6.53. The van der Waals surface area contributed by atoms with Crippen LogP contribution in [0.15, 0.2) is 24.3 Å². The number of carboxylic acid groups (broad SMARTS) is 1. The van der Waals surface area contributed by atoms with E-state index in [9.17, 15) is 14.4 Å². The highest BCUT2D eigenvalue weighted by Gasteiger charge is 2.35. The second-order valence-electron chi connectivity index (χ2n) is 5.76. The monoisotopic (exact) mass is 304 g/mol. The van der Waals surface area contributed by atoms with Crippen LogP contribution in [-0.4, -0.2) is 40.4 Å². The lowest BCUT2D eigenvalue weighted by Crippen LogP contribution is -2.35. The molecule has 0 radical (unpaired) electrons. The van der Waals surface area contributed by atoms with E-state index in [1.54, 1.807) is 17.0 Å². The number of aromatic carboxylic acids is 1. The zero-order valence-corrected chi connectivity index (χ0v) is 12.7. The first-order chi connectivity index (χ1) is 10.4. The van der Waals surface area contributed by atoms with Gasteiger partial charge in [0.2, 0.25) is 11.8 Å². The van der Waals surface area contributed by atoms with E-state index in [-0.39, 0.29) is 42.3 Å². The molecule has 0 spiro atoms. The molecule has 1 heterocycles. The average Bonchev–Trinajstić information content (AvgIpc) is 2.87. The van der Waals surface area contributed by atoms with Crippen molar-refractivity contribution < 1.29 is 19.5 Å². The lowest BCUT2D eigenvalue weighted by molar-refractivity contribution is -0.130. The number of amides is 2. The molecular formula is C16H20N2O4. The fourth-order valence-corrected chi connectivity index (χ4v) is 2.55. The second kappa shape index (κ2) is 6.60. The Morgan fingerprint density at radius 3 is 2.73 bits per heavy atom. The van der Waals surface area contributed by atoms with Crippen LogP contribution in [0.3, 0.4) is 0 Å². The Morgan fingerprint density at radius 2 is 2.14 bits per heavy atom. The summed E-state index contributed by atoms with van der Waals surface area (Å²) < 4.78 is 0. The normalized spacial score (nSPS) is 17.9. The summed E-state index contributed by atoms with van der Waals surface area (Å²) >= 11 is 0. The van der Waals surface area contributed by atoms with Gasteiger partial charge in [-0.15, -0.1) is 0 Å². The third-order valence-corrected chi connectivity index (χ3v) is 3.79. The maximum atomic E-state index is 12.1. The maximum Gasteiger partial charge on any atom is 0.335 e. The highest BCUT2D eigenvalue weighted by molar-refractivity contribution is 5.89. The minimum absolute atomic E-state index is 0.00280. The Balaban J connectivity index is 1.92. The van der Waals surface area contributed by atoms with Gasteiger partial charge in [0, 0.05) is 25.6 Å². The van der Waals surface area contributed by atoms with Crippen LogP contribution in [-0.2, 0) is 16.1 Å². The number of hydrogen-bond donors (Lipinski definition) is 2. The van der Waals surface area contributed by atoms with Gasteiger partial charge in [-0.25, -0.2) is 4.79 Å². The number of nitrogens with one attached hydrogen (secondary N) is 1. The summed E-state index contributed by atoms with van der Waals surface area (Å²) in [6.07, 6.45) is 0.235. The van der Waals surface area contributed by atoms with Crippen LogP contribution in [0.25, 0.3) is 0 Å². The maximum absolute atomic E-state index is 12.1. The molecule has 1 saturated heterocycles. The topological polar surface area (TPSA) is 86.7 Å². The van der Waals surface area contributed by atoms with Crippen molar-refractivity contribution in [3.63, 3.8) is 0 Å². The van der Waals surface area contributed by atoms with Gasteiger partial charge in [0.15, 0.2) is 0 Å². The first kappa shape index (κ1) is 16.0. The molecular weight excluding hydrogens is 284 g/mol. The Hall–Kier alpha value is -2.37. The minimum atomic E-state index is -0.998. The summed E-state index contributed by atoms with van der Waals surface area (Å²) in [5.41, 5.74) is 0.909. The SMILES string of the molecule is CC(C)N1C[C@@H](C(=O)NCc2cccc(C(=O)O)c2)CC1=O. The third kappa shape index (κ3) is 3.63. The summed E-state index contributed by atoms with van der Waals surface area (Å²) in [6.45, 7) is 4.55. The van der Waals surface area contributed by atoms with E-state index in [0.29, 0.717) is 6.54 Å². The molecule has 2 N–H and O–H groups in total. The zero-order chi connectivity index (χ0) is 16.3. The molecule has 118 valence electrons. The number of benzene rings is 1. The summed E-state index contributed by atoms with van der Waals surface area (Å²) in [5, 5.41) is 11.7. The number of carbonyl (C=O) groups is 3. The van der Waals surface area contributed by atoms with Gasteiger partial charge in [0.25, 0.3) is 0 Å². The van der Waals surface area contributed by atoms with Crippen molar-refractivity contribution in [1.29, 1.82) is 0 Å². The largest absolute Gasteiger partial charge is 0.478 e. The molecule has 0 unspecified atom stereocenters. The van der Waals surface area contributed by atoms with E-state index >= 15 is 0 Å². The summed E-state index contributed by atoms with van der Waals surface area (Å²) in [5.74, 6) is -1.50. The van der Waals surface area contributed by atoms with Gasteiger partial charge in [-0.1, -0.05) is 12.1 Å². The van der Waals surface area contributed by atoms with E-state index in [4.69, 9.17) is 5.11 Å². The zero-order valence-electron chi connectivity index (χ0n) is 12.7. The molecule has 1 fully saturated rings. The van der Waals surface area contributed by atoms with Crippen molar-refractivity contribution >= 4 is 17.8 Å². The predicted molar refractivity (Wildman–Crippen MR) is 80.2 cm³/mol. The number of carbonyl (C=O) groups excluding carboxylic acids is 2. The van der Waals surface area contributed by atoms with Crippen molar-refractivity contribution in [2.45, 2.75) is 32.9 Å². The van der Waals surface area contributed by atoms with Crippen molar-refractivity contribution in [1.82, 2.24) is 10.2 Å². The van der Waals surface area contributed by atoms with E-state index < -0.39 is 5.97 Å². The first-order valence-electron chi connectivity index (χ1n) is 7.28. The van der Waals surface area contributed by atoms with Crippen LogP contribution in [0, 0.1) is 5.92 Å². The quantitative estimate of drug-likeness (QED) is 0.857. The van der Waals surface area contributed by atoms with Crippen molar-refractivity contribution in [2.75, 3.05) is 6.54 Å². The molecule has 2 amide bonds. The molecule has 1 aliphatic heterocycles. The van der Waals surface area contributed by atoms with Crippen molar-refractivity contribution in [3.8, 4) is 0 Å². The first-order valence-corrected chi connectivity index (χ1v) is 7.28. The lowest BCUT2D eigenvalue weighted by Gasteiger charge is -2.20. The molecule has 0 saturated carbocycles. The van der Waals surface area contributed by atoms with E-state index in [1.165, 1.54) is 12.1 Å². The van der Waals surface area contributed by atoms with Crippen LogP contribution >= 0.6 is 0 Å². The highest BCUT2D eigenvalue weighted by atomic mass is 16.4. The van der Waals surface area contributed by atoms with E-state index in [0.717, 1.165) is 5.56 Å². The van der Waals surface area contributed by atoms with Gasteiger partial charge in [-0.3, -0.25) is 9.59 Å². The Labute approximate surface area is 129 Å². The van der Waals surface area contributed by atoms with Crippen molar-refractivity contribution in [2.24, 2.45) is 5.92 Å². The molecule has 22 heavy (non-hydrogen) atoms. The smallest absolute Gasteiger partial charge is 0.335 e. The molecule has 1 aromatic carbocycles. The minimum Gasteiger partial charge on any atom is -0.478 e. The molecule has 0 aromatic heterocycles. The van der Waals surface area contributed by atoms with E-state index in [2.05, 4.69) is 5.32 Å². The standard InChI is InChI=1S/C16H20N2O4/c1-10(2)18-9-13(7-14(18)19)15(20)17-8-11-4-3-5-12(6-11)16(21)22/h3-6,10,13H,7-9H2,1-2H3,(H,17,20)(H,21,22)/t13-/m0/s1. The third-order valence-electron chi connectivity index (χ3n) is 3.79. The number of nitrogens with zero attached hydrogens (tertiary/aromatic N) is 1. The summed E-state index contributed by atoms with van der Waals surface area (Å²) in [4.78, 5) is 36.6. The van der Waals surface area contributed by atoms with Gasteiger partial charge in [0.05, 0.1) is 11.5 Å². The number of likely N-dealkylation sites (tertiary alicyclic amines) is 1. The van der Waals surface area contributed by atoms with Gasteiger partial charge >= 0.3 is 5.97 Å². The van der Waals surface area contributed by atoms with Crippen LogP contribution in [0.1, 0.15) is 36.2 Å². The average molecular weight is 304 g/mol. The second-order valence-corrected chi connectivity index (χ2v) is 5.76. The van der Waals surface area contributed by atoms with Gasteiger partial charge in [-0.2, -0.15) is 0 Å². The molecule has 6 nitrogen and oxygen atoms in total. The fraction of sp³-hybridized carbons (Fsp3) is 0.438. The van der Waals surface area contributed by atoms with Crippen LogP contribution < -0.4 is 5.32 Å². The fourth-order valence-electron chi connectivity index (χ4n) is 2.55. The van der Waals surface area contributed by atoms with Crippen molar-refractivity contribution in [3.05, 3.63) is 35.4 Å². The van der Waals surface area contributed by atoms with Crippen LogP contribution in [0.4, 0.5) is 0 Å². The molecule has 0 aliphatic carbocycles. The molecule has 2 rings (SSSR count). The van der Waals surface area contributed by atoms with Crippen LogP contribution in [0.5, 0.6) is 0 Å². The molecule has 6 heteroatoms. The molecule has 0 bridgehead atoms. The Bertz CT molecular complexity index is 598. The number of hydrogen-bond acceptors (Lipinski definition) is 3. The Kier molecular flexibility index (Phi) is 4.80. The predicted octanol–water partition coefficient (Wildman–Crippen LogP) is 1.26. The number of rotatable bonds is 5. The van der Waals surface area contributed by atoms with Crippen LogP contribution in [0.2, 0.25) is 0 Å². The van der Waals surface area contributed by atoms with Gasteiger partial charge < -0.3 is 15.3 Å². The highest BCUT2D eigenvalue weighted by Crippen LogP contribution is 2.20. The number of carboxylic acids is 1. The van der Waals surface area contributed by atoms with Gasteiger partial charge in [-0.05, 0) is 31.5 Å². The van der Waals surface area contributed by atoms with Gasteiger partial charge in [0.1, 0.15) is 0 Å². The lowest BCUT2D eigenvalue weighted by atomic mass is 10.1. The molecule has 1 aliphatic rings. The van der Waals surface area contributed by atoms with E-state index in [1.807, 2.05) is 13.8 Å².